The van der Waals surface area contributed by atoms with Crippen LogP contribution in [0.25, 0.3) is 0 Å². The maximum Gasteiger partial charge on any atom is 0.145 e. The zero-order chi connectivity index (χ0) is 10.6. The van der Waals surface area contributed by atoms with Gasteiger partial charge in [0.2, 0.25) is 0 Å². The van der Waals surface area contributed by atoms with Crippen LogP contribution in [0.2, 0.25) is 5.02 Å². The summed E-state index contributed by atoms with van der Waals surface area (Å²) in [5.74, 6) is 0.657. The highest BCUT2D eigenvalue weighted by Crippen LogP contribution is 2.21. The molecular weight excluding hydrogens is 198 g/mol. The van der Waals surface area contributed by atoms with Gasteiger partial charge in [0.05, 0.1) is 16.3 Å². The van der Waals surface area contributed by atoms with Crippen LogP contribution in [0.5, 0.6) is 0 Å². The normalized spacial score (nSPS) is 9.57. The molecule has 1 aromatic heterocycles. The number of rotatable bonds is 3. The molecule has 0 spiro atoms. The molecule has 1 heterocycles. The van der Waals surface area contributed by atoms with Crippen LogP contribution in [0, 0.1) is 18.3 Å². The van der Waals surface area contributed by atoms with E-state index < -0.39 is 0 Å². The number of aryl methyl sites for hydroxylation is 1. The number of hydrogen-bond donors (Lipinski definition) is 1. The van der Waals surface area contributed by atoms with Gasteiger partial charge in [-0.3, -0.25) is 0 Å². The maximum absolute atomic E-state index is 8.74. The lowest BCUT2D eigenvalue weighted by Gasteiger charge is -2.07. The minimum atomic E-state index is 0.501. The highest BCUT2D eigenvalue weighted by Gasteiger charge is 2.06. The summed E-state index contributed by atoms with van der Waals surface area (Å²) in [5.41, 5.74) is 1.23. The number of pyridine rings is 1. The predicted octanol–water partition coefficient (Wildman–Crippen LogP) is 2.74. The van der Waals surface area contributed by atoms with Gasteiger partial charge < -0.3 is 5.32 Å². The van der Waals surface area contributed by atoms with E-state index in [-0.39, 0.29) is 0 Å². The van der Waals surface area contributed by atoms with E-state index >= 15 is 0 Å². The van der Waals surface area contributed by atoms with Gasteiger partial charge in [0.15, 0.2) is 0 Å². The Kier molecular flexibility index (Phi) is 3.73. The molecule has 0 bridgehead atoms. The summed E-state index contributed by atoms with van der Waals surface area (Å²) in [6, 6.07) is 3.69. The van der Waals surface area contributed by atoms with Crippen LogP contribution >= 0.6 is 11.6 Å². The number of nitriles is 1. The van der Waals surface area contributed by atoms with Crippen molar-refractivity contribution in [3.8, 4) is 6.07 Å². The summed E-state index contributed by atoms with van der Waals surface area (Å²) in [7, 11) is 0. The summed E-state index contributed by atoms with van der Waals surface area (Å²) >= 11 is 5.94. The van der Waals surface area contributed by atoms with Gasteiger partial charge in [-0.25, -0.2) is 4.98 Å². The molecule has 1 aromatic rings. The monoisotopic (exact) mass is 209 g/mol. The Balaban J connectivity index is 2.98. The van der Waals surface area contributed by atoms with Crippen molar-refractivity contribution in [1.82, 2.24) is 4.98 Å². The zero-order valence-electron chi connectivity index (χ0n) is 8.26. The van der Waals surface area contributed by atoms with E-state index in [1.165, 1.54) is 0 Å². The largest absolute Gasteiger partial charge is 0.369 e. The number of aromatic nitrogens is 1. The number of hydrogen-bond acceptors (Lipinski definition) is 3. The van der Waals surface area contributed by atoms with E-state index in [0.717, 1.165) is 13.0 Å². The molecule has 14 heavy (non-hydrogen) atoms. The Bertz CT molecular complexity index is 368. The van der Waals surface area contributed by atoms with Gasteiger partial charge in [0.1, 0.15) is 11.9 Å². The third-order valence-electron chi connectivity index (χ3n) is 1.83. The Morgan fingerprint density at radius 2 is 2.36 bits per heavy atom. The second-order valence-electron chi connectivity index (χ2n) is 2.99. The summed E-state index contributed by atoms with van der Waals surface area (Å²) < 4.78 is 0. The minimum absolute atomic E-state index is 0.501. The Morgan fingerprint density at radius 1 is 1.64 bits per heavy atom. The van der Waals surface area contributed by atoms with Crippen molar-refractivity contribution in [2.75, 3.05) is 11.9 Å². The van der Waals surface area contributed by atoms with E-state index in [4.69, 9.17) is 16.9 Å². The standard InChI is InChI=1S/C10H12ClN3/c1-3-4-13-10-9(11)5-8(6-12)7(2)14-10/h5H,3-4H2,1-2H3,(H,13,14). The number of nitrogens with zero attached hydrogens (tertiary/aromatic N) is 2. The first-order valence-electron chi connectivity index (χ1n) is 4.50. The maximum atomic E-state index is 8.74. The van der Waals surface area contributed by atoms with Crippen molar-refractivity contribution in [2.24, 2.45) is 0 Å². The van der Waals surface area contributed by atoms with Crippen LogP contribution in [0.15, 0.2) is 6.07 Å². The summed E-state index contributed by atoms with van der Waals surface area (Å²) in [6.07, 6.45) is 1.01. The molecule has 1 N–H and O–H groups in total. The molecule has 0 amide bonds. The molecule has 3 nitrogen and oxygen atoms in total. The van der Waals surface area contributed by atoms with E-state index in [9.17, 15) is 0 Å². The lowest BCUT2D eigenvalue weighted by atomic mass is 10.2. The first kappa shape index (κ1) is 10.8. The van der Waals surface area contributed by atoms with E-state index in [0.29, 0.717) is 22.1 Å². The van der Waals surface area contributed by atoms with Crippen LogP contribution in [0.4, 0.5) is 5.82 Å². The average molecular weight is 210 g/mol. The van der Waals surface area contributed by atoms with Crippen molar-refractivity contribution < 1.29 is 0 Å². The van der Waals surface area contributed by atoms with Gasteiger partial charge in [-0.15, -0.1) is 0 Å². The molecule has 4 heteroatoms. The molecule has 0 aliphatic heterocycles. The second kappa shape index (κ2) is 4.83. The van der Waals surface area contributed by atoms with Crippen LogP contribution in [-0.2, 0) is 0 Å². The van der Waals surface area contributed by atoms with Gasteiger partial charge in [-0.05, 0) is 19.4 Å². The smallest absolute Gasteiger partial charge is 0.145 e. The zero-order valence-corrected chi connectivity index (χ0v) is 9.02. The molecule has 0 saturated carbocycles. The highest BCUT2D eigenvalue weighted by molar-refractivity contribution is 6.33. The number of anilines is 1. The summed E-state index contributed by atoms with van der Waals surface area (Å²) in [4.78, 5) is 4.22. The van der Waals surface area contributed by atoms with Gasteiger partial charge >= 0.3 is 0 Å². The quantitative estimate of drug-likeness (QED) is 0.833. The van der Waals surface area contributed by atoms with E-state index in [1.807, 2.05) is 6.07 Å². The van der Waals surface area contributed by atoms with Crippen molar-refractivity contribution in [1.29, 1.82) is 5.26 Å². The molecule has 0 saturated heterocycles. The topological polar surface area (TPSA) is 48.7 Å². The van der Waals surface area contributed by atoms with Gasteiger partial charge in [-0.1, -0.05) is 18.5 Å². The summed E-state index contributed by atoms with van der Waals surface area (Å²) in [6.45, 7) is 4.70. The van der Waals surface area contributed by atoms with Gasteiger partial charge in [0.25, 0.3) is 0 Å². The second-order valence-corrected chi connectivity index (χ2v) is 3.40. The van der Waals surface area contributed by atoms with E-state index in [1.54, 1.807) is 13.0 Å². The molecule has 0 fully saturated rings. The molecule has 0 atom stereocenters. The molecular formula is C10H12ClN3. The molecule has 74 valence electrons. The fraction of sp³-hybridized carbons (Fsp3) is 0.400. The first-order chi connectivity index (χ1) is 6.69. The molecule has 0 radical (unpaired) electrons. The molecule has 1 rings (SSSR count). The van der Waals surface area contributed by atoms with Crippen LogP contribution < -0.4 is 5.32 Å². The number of nitrogens with one attached hydrogen (secondary N) is 1. The number of halogens is 1. The molecule has 0 unspecified atom stereocenters. The minimum Gasteiger partial charge on any atom is -0.369 e. The highest BCUT2D eigenvalue weighted by atomic mass is 35.5. The fourth-order valence-electron chi connectivity index (χ4n) is 1.06. The SMILES string of the molecule is CCCNc1nc(C)c(C#N)cc1Cl. The fourth-order valence-corrected chi connectivity index (χ4v) is 1.28. The Hall–Kier alpha value is -1.27. The molecule has 0 aliphatic carbocycles. The molecule has 0 aromatic carbocycles. The lowest BCUT2D eigenvalue weighted by Crippen LogP contribution is -2.04. The van der Waals surface area contributed by atoms with Gasteiger partial charge in [0, 0.05) is 6.54 Å². The van der Waals surface area contributed by atoms with Crippen molar-refractivity contribution in [3.05, 3.63) is 22.3 Å². The third kappa shape index (κ3) is 2.36. The van der Waals surface area contributed by atoms with Crippen molar-refractivity contribution in [2.45, 2.75) is 20.3 Å². The Labute approximate surface area is 88.7 Å². The lowest BCUT2D eigenvalue weighted by molar-refractivity contribution is 0.965. The van der Waals surface area contributed by atoms with Crippen LogP contribution in [0.3, 0.4) is 0 Å². The van der Waals surface area contributed by atoms with Crippen LogP contribution in [0.1, 0.15) is 24.6 Å². The van der Waals surface area contributed by atoms with E-state index in [2.05, 4.69) is 17.2 Å². The van der Waals surface area contributed by atoms with Crippen molar-refractivity contribution in [3.63, 3.8) is 0 Å². The average Bonchev–Trinajstić information content (AvgIpc) is 2.18. The molecule has 0 aliphatic rings. The van der Waals surface area contributed by atoms with Gasteiger partial charge in [-0.2, -0.15) is 5.26 Å². The third-order valence-corrected chi connectivity index (χ3v) is 2.12. The first-order valence-corrected chi connectivity index (χ1v) is 4.88. The predicted molar refractivity (Wildman–Crippen MR) is 57.5 cm³/mol. The van der Waals surface area contributed by atoms with Crippen LogP contribution in [-0.4, -0.2) is 11.5 Å². The summed E-state index contributed by atoms with van der Waals surface area (Å²) in [5, 5.41) is 12.3. The Morgan fingerprint density at radius 3 is 2.93 bits per heavy atom. The van der Waals surface area contributed by atoms with Crippen molar-refractivity contribution >= 4 is 17.4 Å².